The second-order valence-corrected chi connectivity index (χ2v) is 7.12. The van der Waals surface area contributed by atoms with Crippen molar-refractivity contribution in [3.8, 4) is 0 Å². The number of nitrogens with one attached hydrogen (secondary N) is 1. The average molecular weight is 306 g/mol. The molecule has 0 spiro atoms. The number of fused-ring (bicyclic) bond motifs is 2. The van der Waals surface area contributed by atoms with Crippen LogP contribution in [-0.2, 0) is 0 Å². The van der Waals surface area contributed by atoms with E-state index in [0.29, 0.717) is 5.92 Å². The average Bonchev–Trinajstić information content (AvgIpc) is 2.80. The summed E-state index contributed by atoms with van der Waals surface area (Å²) in [5.74, 6) is -1.93. The lowest BCUT2D eigenvalue weighted by Crippen LogP contribution is -2.34. The van der Waals surface area contributed by atoms with E-state index in [1.807, 2.05) is 0 Å². The molecule has 2 aliphatic rings. The van der Waals surface area contributed by atoms with Crippen LogP contribution in [-0.4, -0.2) is 11.6 Å². The summed E-state index contributed by atoms with van der Waals surface area (Å²) in [6.45, 7) is 6.71. The van der Waals surface area contributed by atoms with Gasteiger partial charge < -0.3 is 0 Å². The molecule has 2 aliphatic carbocycles. The Labute approximate surface area is 128 Å². The van der Waals surface area contributed by atoms with Gasteiger partial charge in [0.2, 0.25) is 0 Å². The molecule has 1 N–H and O–H groups in total. The molecule has 2 bridgehead atoms. The molecule has 1 amide bonds. The zero-order valence-corrected chi connectivity index (χ0v) is 13.0. The molecular formula is C17H20F2N2O. The number of carbonyl (C=O) groups is 1. The van der Waals surface area contributed by atoms with Gasteiger partial charge in [-0.15, -0.1) is 0 Å². The summed E-state index contributed by atoms with van der Waals surface area (Å²) in [5.41, 5.74) is 3.74. The number of hydrogen-bond acceptors (Lipinski definition) is 2. The first-order valence-electron chi connectivity index (χ1n) is 7.58. The van der Waals surface area contributed by atoms with Crippen molar-refractivity contribution in [1.82, 2.24) is 5.43 Å². The first kappa shape index (κ1) is 15.1. The lowest BCUT2D eigenvalue weighted by Gasteiger charge is -2.34. The number of hydrogen-bond donors (Lipinski definition) is 1. The monoisotopic (exact) mass is 306 g/mol. The third-order valence-corrected chi connectivity index (χ3v) is 5.99. The van der Waals surface area contributed by atoms with E-state index in [1.54, 1.807) is 0 Å². The smallest absolute Gasteiger partial charge is 0.267 e. The predicted octanol–water partition coefficient (Wildman–Crippen LogP) is 3.90. The molecule has 0 aromatic heterocycles. The van der Waals surface area contributed by atoms with E-state index >= 15 is 0 Å². The number of rotatable bonds is 2. The number of carbonyl (C=O) groups excluding carboxylic acids is 1. The predicted molar refractivity (Wildman–Crippen MR) is 80.5 cm³/mol. The maximum Gasteiger partial charge on any atom is 0.271 e. The Morgan fingerprint density at radius 1 is 1.27 bits per heavy atom. The van der Waals surface area contributed by atoms with Gasteiger partial charge in [0.1, 0.15) is 0 Å². The molecule has 1 aromatic rings. The highest BCUT2D eigenvalue weighted by molar-refractivity contribution is 5.98. The summed E-state index contributed by atoms with van der Waals surface area (Å²) in [5, 5.41) is 4.30. The van der Waals surface area contributed by atoms with Crippen LogP contribution in [0.4, 0.5) is 8.78 Å². The Kier molecular flexibility index (Phi) is 3.34. The summed E-state index contributed by atoms with van der Waals surface area (Å²) in [4.78, 5) is 12.0. The van der Waals surface area contributed by atoms with Crippen molar-refractivity contribution in [3.05, 3.63) is 35.4 Å². The Morgan fingerprint density at radius 2 is 2.00 bits per heavy atom. The van der Waals surface area contributed by atoms with Gasteiger partial charge in [-0.2, -0.15) is 5.10 Å². The Bertz CT molecular complexity index is 669. The molecule has 0 unspecified atom stereocenters. The summed E-state index contributed by atoms with van der Waals surface area (Å²) < 4.78 is 26.1. The minimum absolute atomic E-state index is 0.000999. The number of hydrazone groups is 1. The number of amides is 1. The lowest BCUT2D eigenvalue weighted by atomic mass is 9.70. The fourth-order valence-corrected chi connectivity index (χ4v) is 3.92. The fourth-order valence-electron chi connectivity index (χ4n) is 3.92. The summed E-state index contributed by atoms with van der Waals surface area (Å²) in [7, 11) is 0. The van der Waals surface area contributed by atoms with Crippen molar-refractivity contribution in [2.75, 3.05) is 0 Å². The van der Waals surface area contributed by atoms with Crippen LogP contribution in [0.1, 0.15) is 50.4 Å². The molecule has 0 radical (unpaired) electrons. The van der Waals surface area contributed by atoms with Crippen molar-refractivity contribution in [3.63, 3.8) is 0 Å². The molecule has 118 valence electrons. The minimum Gasteiger partial charge on any atom is -0.267 e. The van der Waals surface area contributed by atoms with Crippen LogP contribution in [0.3, 0.4) is 0 Å². The quantitative estimate of drug-likeness (QED) is 0.827. The van der Waals surface area contributed by atoms with E-state index in [2.05, 4.69) is 31.3 Å². The zero-order valence-electron chi connectivity index (χ0n) is 13.0. The van der Waals surface area contributed by atoms with Gasteiger partial charge in [0.15, 0.2) is 11.6 Å². The molecule has 3 rings (SSSR count). The third-order valence-electron chi connectivity index (χ3n) is 5.99. The second kappa shape index (κ2) is 4.86. The first-order valence-corrected chi connectivity index (χ1v) is 7.58. The van der Waals surface area contributed by atoms with E-state index in [-0.39, 0.29) is 16.4 Å². The van der Waals surface area contributed by atoms with E-state index in [1.165, 1.54) is 12.5 Å². The van der Waals surface area contributed by atoms with Crippen molar-refractivity contribution in [2.45, 2.75) is 40.0 Å². The van der Waals surface area contributed by atoms with Crippen molar-refractivity contribution in [1.29, 1.82) is 0 Å². The maximum absolute atomic E-state index is 13.2. The summed E-state index contributed by atoms with van der Waals surface area (Å²) in [6, 6.07) is 3.08. The molecule has 2 fully saturated rings. The Balaban J connectivity index is 1.78. The van der Waals surface area contributed by atoms with Gasteiger partial charge in [-0.05, 0) is 48.8 Å². The van der Waals surface area contributed by atoms with Gasteiger partial charge in [0, 0.05) is 16.7 Å². The number of benzene rings is 1. The fraction of sp³-hybridized carbons (Fsp3) is 0.529. The maximum atomic E-state index is 13.2. The zero-order chi connectivity index (χ0) is 16.1. The van der Waals surface area contributed by atoms with Crippen molar-refractivity contribution < 1.29 is 13.6 Å². The first-order chi connectivity index (χ1) is 10.3. The SMILES string of the molecule is CC1(C)[C@H]2CC[C@@]1(C)/C(=N/NC(=O)c1ccc(F)c(F)c1)C2. The van der Waals surface area contributed by atoms with Gasteiger partial charge in [0.25, 0.3) is 5.91 Å². The number of halogens is 2. The molecule has 5 heteroatoms. The molecule has 3 nitrogen and oxygen atoms in total. The Hall–Kier alpha value is -1.78. The lowest BCUT2D eigenvalue weighted by molar-refractivity contribution is 0.0953. The summed E-state index contributed by atoms with van der Waals surface area (Å²) >= 11 is 0. The van der Waals surface area contributed by atoms with Crippen molar-refractivity contribution in [2.24, 2.45) is 21.8 Å². The molecule has 22 heavy (non-hydrogen) atoms. The molecular weight excluding hydrogens is 286 g/mol. The van der Waals surface area contributed by atoms with Gasteiger partial charge in [0.05, 0.1) is 0 Å². The van der Waals surface area contributed by atoms with E-state index < -0.39 is 17.5 Å². The molecule has 1 aromatic carbocycles. The van der Waals surface area contributed by atoms with E-state index in [0.717, 1.165) is 30.7 Å². The third kappa shape index (κ3) is 2.06. The molecule has 0 aliphatic heterocycles. The molecule has 2 saturated carbocycles. The Morgan fingerprint density at radius 3 is 2.55 bits per heavy atom. The molecule has 0 saturated heterocycles. The molecule has 2 atom stereocenters. The van der Waals surface area contributed by atoms with E-state index in [9.17, 15) is 13.6 Å². The van der Waals surface area contributed by atoms with Crippen LogP contribution >= 0.6 is 0 Å². The van der Waals surface area contributed by atoms with Crippen LogP contribution in [0.5, 0.6) is 0 Å². The van der Waals surface area contributed by atoms with E-state index in [4.69, 9.17) is 0 Å². The number of nitrogens with zero attached hydrogens (tertiary/aromatic N) is 1. The normalized spacial score (nSPS) is 30.8. The highest BCUT2D eigenvalue weighted by Crippen LogP contribution is 2.63. The van der Waals surface area contributed by atoms with Gasteiger partial charge in [-0.1, -0.05) is 20.8 Å². The van der Waals surface area contributed by atoms with Crippen LogP contribution in [0.15, 0.2) is 23.3 Å². The van der Waals surface area contributed by atoms with Crippen LogP contribution in [0, 0.1) is 28.4 Å². The van der Waals surface area contributed by atoms with Gasteiger partial charge in [-0.3, -0.25) is 4.79 Å². The minimum atomic E-state index is -1.03. The highest BCUT2D eigenvalue weighted by Gasteiger charge is 2.59. The standard InChI is InChI=1S/C17H20F2N2O/c1-16(2)11-6-7-17(16,3)14(9-11)20-21-15(22)10-4-5-12(18)13(19)8-10/h4-5,8,11H,6-7,9H2,1-3H3,(H,21,22)/b20-14+/t11-,17-/m0/s1. The second-order valence-electron chi connectivity index (χ2n) is 7.12. The highest BCUT2D eigenvalue weighted by atomic mass is 19.2. The van der Waals surface area contributed by atoms with Crippen LogP contribution < -0.4 is 5.43 Å². The summed E-state index contributed by atoms with van der Waals surface area (Å²) in [6.07, 6.45) is 3.16. The van der Waals surface area contributed by atoms with Crippen molar-refractivity contribution >= 4 is 11.6 Å². The van der Waals surface area contributed by atoms with Gasteiger partial charge >= 0.3 is 0 Å². The van der Waals surface area contributed by atoms with Gasteiger partial charge in [-0.25, -0.2) is 14.2 Å². The van der Waals surface area contributed by atoms with Crippen LogP contribution in [0.25, 0.3) is 0 Å². The van der Waals surface area contributed by atoms with Crippen LogP contribution in [0.2, 0.25) is 0 Å². The molecule has 0 heterocycles. The largest absolute Gasteiger partial charge is 0.271 e. The topological polar surface area (TPSA) is 41.5 Å².